The molecule has 2 aromatic rings. The highest BCUT2D eigenvalue weighted by Crippen LogP contribution is 2.27. The van der Waals surface area contributed by atoms with E-state index in [4.69, 9.17) is 4.74 Å². The molecule has 0 aliphatic rings. The van der Waals surface area contributed by atoms with Crippen LogP contribution in [-0.4, -0.2) is 6.54 Å². The Morgan fingerprint density at radius 2 is 1.90 bits per heavy atom. The summed E-state index contributed by atoms with van der Waals surface area (Å²) < 4.78 is 20.5. The lowest BCUT2D eigenvalue weighted by atomic mass is 10.1. The third kappa shape index (κ3) is 4.68. The third-order valence-corrected chi connectivity index (χ3v) is 3.98. The summed E-state index contributed by atoms with van der Waals surface area (Å²) in [5, 5.41) is 3.29. The van der Waals surface area contributed by atoms with Gasteiger partial charge < -0.3 is 10.1 Å². The van der Waals surface area contributed by atoms with Crippen LogP contribution in [0.3, 0.4) is 0 Å². The maximum atomic E-state index is 13.5. The van der Waals surface area contributed by atoms with E-state index in [0.29, 0.717) is 6.61 Å². The van der Waals surface area contributed by atoms with Crippen molar-refractivity contribution in [3.63, 3.8) is 0 Å². The van der Waals surface area contributed by atoms with Crippen molar-refractivity contribution < 1.29 is 9.13 Å². The second-order valence-electron chi connectivity index (χ2n) is 4.88. The lowest BCUT2D eigenvalue weighted by molar-refractivity contribution is 0.299. The predicted molar refractivity (Wildman–Crippen MR) is 92.0 cm³/mol. The molecule has 2 nitrogen and oxygen atoms in total. The fraction of sp³-hybridized carbons (Fsp3) is 0.294. The molecule has 0 amide bonds. The number of halogens is 2. The Hall–Kier alpha value is -1.14. The van der Waals surface area contributed by atoms with Gasteiger partial charge in [0.15, 0.2) is 0 Å². The molecule has 0 aliphatic carbocycles. The zero-order chi connectivity index (χ0) is 15.2. The molecule has 1 N–H and O–H groups in total. The smallest absolute Gasteiger partial charge is 0.124 e. The van der Waals surface area contributed by atoms with Gasteiger partial charge in [-0.05, 0) is 72.0 Å². The molecule has 0 heterocycles. The molecule has 2 rings (SSSR count). The molecular weight excluding hydrogens is 380 g/mol. The Bertz CT molecular complexity index is 586. The van der Waals surface area contributed by atoms with Crippen LogP contribution in [-0.2, 0) is 6.61 Å². The summed E-state index contributed by atoms with van der Waals surface area (Å²) in [7, 11) is 0. The van der Waals surface area contributed by atoms with Crippen LogP contribution in [0.5, 0.6) is 5.75 Å². The van der Waals surface area contributed by atoms with Crippen molar-refractivity contribution in [1.29, 1.82) is 0 Å². The van der Waals surface area contributed by atoms with Crippen molar-refractivity contribution in [2.24, 2.45) is 0 Å². The zero-order valence-corrected chi connectivity index (χ0v) is 14.4. The van der Waals surface area contributed by atoms with Crippen LogP contribution in [0.1, 0.15) is 31.0 Å². The van der Waals surface area contributed by atoms with Crippen LogP contribution in [0.4, 0.5) is 4.39 Å². The molecule has 0 fully saturated rings. The molecule has 112 valence electrons. The minimum Gasteiger partial charge on any atom is -0.489 e. The average molecular weight is 399 g/mol. The third-order valence-electron chi connectivity index (χ3n) is 3.26. The molecule has 1 atom stereocenters. The van der Waals surface area contributed by atoms with E-state index < -0.39 is 0 Å². The molecule has 0 aliphatic heterocycles. The van der Waals surface area contributed by atoms with Crippen LogP contribution in [0.15, 0.2) is 42.5 Å². The van der Waals surface area contributed by atoms with Gasteiger partial charge in [0.2, 0.25) is 0 Å². The van der Waals surface area contributed by atoms with E-state index in [0.717, 1.165) is 23.4 Å². The maximum Gasteiger partial charge on any atom is 0.124 e. The van der Waals surface area contributed by atoms with Gasteiger partial charge in [-0.15, -0.1) is 0 Å². The van der Waals surface area contributed by atoms with Crippen LogP contribution in [0.25, 0.3) is 0 Å². The van der Waals surface area contributed by atoms with Gasteiger partial charge in [-0.2, -0.15) is 0 Å². The average Bonchev–Trinajstić information content (AvgIpc) is 2.48. The largest absolute Gasteiger partial charge is 0.489 e. The number of hydrogen-bond acceptors (Lipinski definition) is 2. The minimum atomic E-state index is -0.239. The van der Waals surface area contributed by atoms with Crippen LogP contribution in [0, 0.1) is 9.39 Å². The predicted octanol–water partition coefficient (Wildman–Crippen LogP) is 4.68. The number of ether oxygens (including phenoxy) is 1. The van der Waals surface area contributed by atoms with Gasteiger partial charge in [-0.25, -0.2) is 4.39 Å². The lowest BCUT2D eigenvalue weighted by Crippen LogP contribution is -2.18. The first-order chi connectivity index (χ1) is 10.1. The van der Waals surface area contributed by atoms with Crippen LogP contribution >= 0.6 is 22.6 Å². The van der Waals surface area contributed by atoms with E-state index in [1.54, 1.807) is 6.07 Å². The first-order valence-electron chi connectivity index (χ1n) is 7.00. The standard InChI is InChI=1S/C17H19FINO/c1-3-20-12(2)16-10-14(18)6-9-17(16)21-11-13-4-7-15(19)8-5-13/h4-10,12,20H,3,11H2,1-2H3. The normalized spacial score (nSPS) is 12.2. The summed E-state index contributed by atoms with van der Waals surface area (Å²) in [5.41, 5.74) is 1.95. The van der Waals surface area contributed by atoms with Crippen LogP contribution in [0.2, 0.25) is 0 Å². The first kappa shape index (κ1) is 16.2. The number of hydrogen-bond donors (Lipinski definition) is 1. The maximum absolute atomic E-state index is 13.5. The van der Waals surface area contributed by atoms with E-state index >= 15 is 0 Å². The van der Waals surface area contributed by atoms with Gasteiger partial charge in [-0.3, -0.25) is 0 Å². The highest BCUT2D eigenvalue weighted by molar-refractivity contribution is 14.1. The molecule has 0 aromatic heterocycles. The Labute approximate surface area is 138 Å². The molecule has 0 saturated carbocycles. The van der Waals surface area contributed by atoms with Crippen molar-refractivity contribution in [3.8, 4) is 5.75 Å². The second-order valence-corrected chi connectivity index (χ2v) is 6.12. The highest BCUT2D eigenvalue weighted by Gasteiger charge is 2.12. The van der Waals surface area contributed by atoms with Gasteiger partial charge in [0.1, 0.15) is 18.2 Å². The van der Waals surface area contributed by atoms with Gasteiger partial charge in [0.25, 0.3) is 0 Å². The zero-order valence-electron chi connectivity index (χ0n) is 12.2. The monoisotopic (exact) mass is 399 g/mol. The molecule has 0 bridgehead atoms. The van der Waals surface area contributed by atoms with Gasteiger partial charge in [0, 0.05) is 15.2 Å². The van der Waals surface area contributed by atoms with Gasteiger partial charge in [-0.1, -0.05) is 19.1 Å². The Balaban J connectivity index is 2.13. The number of rotatable bonds is 6. The number of benzene rings is 2. The Morgan fingerprint density at radius 3 is 2.57 bits per heavy atom. The number of nitrogens with one attached hydrogen (secondary N) is 1. The first-order valence-corrected chi connectivity index (χ1v) is 8.08. The summed E-state index contributed by atoms with van der Waals surface area (Å²) in [5.74, 6) is 0.486. The van der Waals surface area contributed by atoms with Crippen LogP contribution < -0.4 is 10.1 Å². The summed E-state index contributed by atoms with van der Waals surface area (Å²) in [6.45, 7) is 5.35. The van der Waals surface area contributed by atoms with Crippen molar-refractivity contribution in [1.82, 2.24) is 5.32 Å². The molecular formula is C17H19FINO. The Kier molecular flexibility index (Phi) is 5.99. The second kappa shape index (κ2) is 7.75. The summed E-state index contributed by atoms with van der Waals surface area (Å²) in [6, 6.07) is 12.9. The van der Waals surface area contributed by atoms with Crippen molar-refractivity contribution >= 4 is 22.6 Å². The fourth-order valence-corrected chi connectivity index (χ4v) is 2.51. The molecule has 0 saturated heterocycles. The van der Waals surface area contributed by atoms with E-state index in [9.17, 15) is 4.39 Å². The summed E-state index contributed by atoms with van der Waals surface area (Å²) in [4.78, 5) is 0. The quantitative estimate of drug-likeness (QED) is 0.713. The topological polar surface area (TPSA) is 21.3 Å². The van der Waals surface area contributed by atoms with Crippen molar-refractivity contribution in [2.45, 2.75) is 26.5 Å². The molecule has 2 aromatic carbocycles. The van der Waals surface area contributed by atoms with Gasteiger partial charge in [0.05, 0.1) is 0 Å². The molecule has 0 radical (unpaired) electrons. The van der Waals surface area contributed by atoms with E-state index in [1.165, 1.54) is 15.7 Å². The SMILES string of the molecule is CCNC(C)c1cc(F)ccc1OCc1ccc(I)cc1. The molecule has 1 unspecified atom stereocenters. The minimum absolute atomic E-state index is 0.0532. The molecule has 4 heteroatoms. The van der Waals surface area contributed by atoms with E-state index in [-0.39, 0.29) is 11.9 Å². The highest BCUT2D eigenvalue weighted by atomic mass is 127. The Morgan fingerprint density at radius 1 is 1.19 bits per heavy atom. The molecule has 0 spiro atoms. The fourth-order valence-electron chi connectivity index (χ4n) is 2.15. The molecule has 21 heavy (non-hydrogen) atoms. The van der Waals surface area contributed by atoms with E-state index in [2.05, 4.69) is 27.9 Å². The van der Waals surface area contributed by atoms with Crippen molar-refractivity contribution in [2.75, 3.05) is 6.54 Å². The summed E-state index contributed by atoms with van der Waals surface area (Å²) in [6.07, 6.45) is 0. The van der Waals surface area contributed by atoms with Gasteiger partial charge >= 0.3 is 0 Å². The van der Waals surface area contributed by atoms with E-state index in [1.807, 2.05) is 38.1 Å². The van der Waals surface area contributed by atoms with Crippen molar-refractivity contribution in [3.05, 3.63) is 63.0 Å². The summed E-state index contributed by atoms with van der Waals surface area (Å²) >= 11 is 2.27. The lowest BCUT2D eigenvalue weighted by Gasteiger charge is -2.18.